The van der Waals surface area contributed by atoms with E-state index in [1.807, 2.05) is 0 Å². The number of nitrogens with zero attached hydrogens (tertiary/aromatic N) is 1. The van der Waals surface area contributed by atoms with Crippen LogP contribution in [-0.2, 0) is 10.9 Å². The Morgan fingerprint density at radius 1 is 1.26 bits per heavy atom. The summed E-state index contributed by atoms with van der Waals surface area (Å²) in [6.07, 6.45) is -3.57. The van der Waals surface area contributed by atoms with Gasteiger partial charge in [0, 0.05) is 12.3 Å². The summed E-state index contributed by atoms with van der Waals surface area (Å²) >= 11 is 0. The lowest BCUT2D eigenvalue weighted by molar-refractivity contribution is -0.140. The van der Waals surface area contributed by atoms with Gasteiger partial charge in [-0.25, -0.2) is 4.79 Å². The molecule has 1 N–H and O–H groups in total. The molecular formula is C15H11F3N2O3. The SMILES string of the molecule is COC(=O)c1cccc(C=Nc2ccc(=O)[nH]c2C(F)(F)F)c1. The van der Waals surface area contributed by atoms with Crippen molar-refractivity contribution in [2.24, 2.45) is 4.99 Å². The van der Waals surface area contributed by atoms with Crippen molar-refractivity contribution in [1.29, 1.82) is 0 Å². The number of carbonyl (C=O) groups excluding carboxylic acids is 1. The zero-order valence-corrected chi connectivity index (χ0v) is 11.8. The average molecular weight is 324 g/mol. The largest absolute Gasteiger partial charge is 0.465 e. The topological polar surface area (TPSA) is 71.5 Å². The molecule has 2 rings (SSSR count). The number of esters is 1. The molecule has 0 unspecified atom stereocenters. The highest BCUT2D eigenvalue weighted by atomic mass is 19.4. The normalized spacial score (nSPS) is 11.7. The number of nitrogens with one attached hydrogen (secondary N) is 1. The van der Waals surface area contributed by atoms with Gasteiger partial charge in [-0.05, 0) is 23.8 Å². The number of aromatic nitrogens is 1. The predicted molar refractivity (Wildman–Crippen MR) is 77.1 cm³/mol. The summed E-state index contributed by atoms with van der Waals surface area (Å²) in [5.41, 5.74) is -1.88. The molecule has 120 valence electrons. The molecule has 0 aliphatic heterocycles. The summed E-state index contributed by atoms with van der Waals surface area (Å²) in [6, 6.07) is 7.97. The van der Waals surface area contributed by atoms with Crippen molar-refractivity contribution in [3.63, 3.8) is 0 Å². The van der Waals surface area contributed by atoms with E-state index in [1.54, 1.807) is 17.1 Å². The molecule has 1 aromatic carbocycles. The third-order valence-electron chi connectivity index (χ3n) is 2.84. The van der Waals surface area contributed by atoms with Crippen molar-refractivity contribution < 1.29 is 22.7 Å². The van der Waals surface area contributed by atoms with Crippen LogP contribution < -0.4 is 5.56 Å². The van der Waals surface area contributed by atoms with E-state index in [9.17, 15) is 22.8 Å². The summed E-state index contributed by atoms with van der Waals surface area (Å²) < 4.78 is 43.2. The van der Waals surface area contributed by atoms with Gasteiger partial charge in [0.15, 0.2) is 0 Å². The molecule has 0 aliphatic carbocycles. The molecule has 0 bridgehead atoms. The second-order valence-electron chi connectivity index (χ2n) is 4.46. The highest BCUT2D eigenvalue weighted by molar-refractivity contribution is 5.92. The maximum Gasteiger partial charge on any atom is 0.433 e. The van der Waals surface area contributed by atoms with Gasteiger partial charge in [0.1, 0.15) is 5.69 Å². The number of methoxy groups -OCH3 is 1. The third kappa shape index (κ3) is 4.06. The molecule has 0 fully saturated rings. The van der Waals surface area contributed by atoms with Crippen LogP contribution >= 0.6 is 0 Å². The first-order valence-corrected chi connectivity index (χ1v) is 6.34. The van der Waals surface area contributed by atoms with E-state index in [-0.39, 0.29) is 5.56 Å². The summed E-state index contributed by atoms with van der Waals surface area (Å²) in [5, 5.41) is 0. The van der Waals surface area contributed by atoms with Crippen molar-refractivity contribution in [3.8, 4) is 0 Å². The summed E-state index contributed by atoms with van der Waals surface area (Å²) in [6.45, 7) is 0. The molecule has 0 radical (unpaired) electrons. The monoisotopic (exact) mass is 324 g/mol. The van der Waals surface area contributed by atoms with E-state index in [0.29, 0.717) is 5.56 Å². The minimum absolute atomic E-state index is 0.244. The number of ether oxygens (including phenoxy) is 1. The molecule has 5 nitrogen and oxygen atoms in total. The van der Waals surface area contributed by atoms with Gasteiger partial charge in [-0.15, -0.1) is 0 Å². The van der Waals surface area contributed by atoms with Crippen LogP contribution in [-0.4, -0.2) is 24.3 Å². The lowest BCUT2D eigenvalue weighted by Gasteiger charge is -2.08. The van der Waals surface area contributed by atoms with E-state index in [4.69, 9.17) is 0 Å². The van der Waals surface area contributed by atoms with Gasteiger partial charge in [0.2, 0.25) is 5.56 Å². The second kappa shape index (κ2) is 6.47. The van der Waals surface area contributed by atoms with Crippen LogP contribution in [0.3, 0.4) is 0 Å². The Morgan fingerprint density at radius 2 is 2.00 bits per heavy atom. The van der Waals surface area contributed by atoms with Crippen molar-refractivity contribution >= 4 is 17.9 Å². The first kappa shape index (κ1) is 16.5. The lowest BCUT2D eigenvalue weighted by Crippen LogP contribution is -2.15. The minimum Gasteiger partial charge on any atom is -0.465 e. The summed E-state index contributed by atoms with van der Waals surface area (Å²) in [4.78, 5) is 27.9. The number of aliphatic imine (C=N–C) groups is 1. The molecular weight excluding hydrogens is 313 g/mol. The fraction of sp³-hybridized carbons (Fsp3) is 0.133. The lowest BCUT2D eigenvalue weighted by atomic mass is 10.1. The van der Waals surface area contributed by atoms with E-state index in [0.717, 1.165) is 18.3 Å². The van der Waals surface area contributed by atoms with Gasteiger partial charge in [-0.1, -0.05) is 12.1 Å². The molecule has 0 saturated carbocycles. The molecule has 0 atom stereocenters. The van der Waals surface area contributed by atoms with Crippen LogP contribution in [0.5, 0.6) is 0 Å². The van der Waals surface area contributed by atoms with E-state index in [1.165, 1.54) is 19.2 Å². The van der Waals surface area contributed by atoms with E-state index >= 15 is 0 Å². The molecule has 0 aliphatic rings. The number of aromatic amines is 1. The average Bonchev–Trinajstić information content (AvgIpc) is 2.52. The van der Waals surface area contributed by atoms with Gasteiger partial charge < -0.3 is 9.72 Å². The molecule has 0 spiro atoms. The first-order valence-electron chi connectivity index (χ1n) is 6.34. The van der Waals surface area contributed by atoms with Crippen LogP contribution in [0.15, 0.2) is 46.2 Å². The van der Waals surface area contributed by atoms with Crippen LogP contribution in [0.25, 0.3) is 0 Å². The van der Waals surface area contributed by atoms with Gasteiger partial charge in [0.25, 0.3) is 0 Å². The number of H-pyrrole nitrogens is 1. The van der Waals surface area contributed by atoms with Gasteiger partial charge in [0.05, 0.1) is 18.4 Å². The molecule has 23 heavy (non-hydrogen) atoms. The van der Waals surface area contributed by atoms with Crippen molar-refractivity contribution in [1.82, 2.24) is 4.98 Å². The minimum atomic E-state index is -4.74. The molecule has 8 heteroatoms. The van der Waals surface area contributed by atoms with Crippen LogP contribution in [0.1, 0.15) is 21.6 Å². The van der Waals surface area contributed by atoms with Gasteiger partial charge >= 0.3 is 12.1 Å². The fourth-order valence-corrected chi connectivity index (χ4v) is 1.80. The Bertz CT molecular complexity index is 810. The Hall–Kier alpha value is -2.90. The Morgan fingerprint density at radius 3 is 2.65 bits per heavy atom. The van der Waals surface area contributed by atoms with Crippen molar-refractivity contribution in [3.05, 3.63) is 63.6 Å². The maximum atomic E-state index is 12.9. The highest BCUT2D eigenvalue weighted by Gasteiger charge is 2.34. The van der Waals surface area contributed by atoms with Crippen molar-refractivity contribution in [2.45, 2.75) is 6.18 Å². The smallest absolute Gasteiger partial charge is 0.433 e. The molecule has 1 heterocycles. The third-order valence-corrected chi connectivity index (χ3v) is 2.84. The number of hydrogen-bond donors (Lipinski definition) is 1. The Balaban J connectivity index is 2.38. The number of hydrogen-bond acceptors (Lipinski definition) is 4. The molecule has 2 aromatic rings. The molecule has 0 amide bonds. The fourth-order valence-electron chi connectivity index (χ4n) is 1.80. The Kier molecular flexibility index (Phi) is 4.63. The quantitative estimate of drug-likeness (QED) is 0.697. The summed E-state index contributed by atoms with van der Waals surface area (Å²) in [7, 11) is 1.22. The van der Waals surface area contributed by atoms with Crippen LogP contribution in [0.4, 0.5) is 18.9 Å². The zero-order chi connectivity index (χ0) is 17.0. The first-order chi connectivity index (χ1) is 10.8. The molecule has 0 saturated heterocycles. The summed E-state index contributed by atoms with van der Waals surface area (Å²) in [5.74, 6) is -0.569. The number of alkyl halides is 3. The van der Waals surface area contributed by atoms with Crippen LogP contribution in [0, 0.1) is 0 Å². The Labute approximate surface area is 128 Å². The zero-order valence-electron chi connectivity index (χ0n) is 11.8. The van der Waals surface area contributed by atoms with E-state index in [2.05, 4.69) is 9.73 Å². The highest BCUT2D eigenvalue weighted by Crippen LogP contribution is 2.33. The maximum absolute atomic E-state index is 12.9. The van der Waals surface area contributed by atoms with Crippen LogP contribution in [0.2, 0.25) is 0 Å². The standard InChI is InChI=1S/C15H11F3N2O3/c1-23-14(22)10-4-2-3-9(7-10)8-19-11-5-6-12(21)20-13(11)15(16,17)18/h2-8H,1H3,(H,20,21). The van der Waals surface area contributed by atoms with Crippen molar-refractivity contribution in [2.75, 3.05) is 7.11 Å². The van der Waals surface area contributed by atoms with Gasteiger partial charge in [-0.3, -0.25) is 9.79 Å². The second-order valence-corrected chi connectivity index (χ2v) is 4.46. The number of carbonyl (C=O) groups is 1. The number of halogens is 3. The molecule has 1 aromatic heterocycles. The predicted octanol–water partition coefficient (Wildman–Crippen LogP) is 2.93. The number of rotatable bonds is 3. The van der Waals surface area contributed by atoms with Gasteiger partial charge in [-0.2, -0.15) is 13.2 Å². The number of pyridine rings is 1. The number of benzene rings is 1. The van der Waals surface area contributed by atoms with E-state index < -0.39 is 29.1 Å².